The molecule has 4 nitrogen and oxygen atoms in total. The first-order valence-electron chi connectivity index (χ1n) is 7.39. The van der Waals surface area contributed by atoms with E-state index >= 15 is 0 Å². The van der Waals surface area contributed by atoms with Crippen LogP contribution in [0.2, 0.25) is 5.02 Å². The molecule has 0 saturated heterocycles. The lowest BCUT2D eigenvalue weighted by Gasteiger charge is -2.24. The van der Waals surface area contributed by atoms with Crippen LogP contribution in [0.4, 0.5) is 0 Å². The van der Waals surface area contributed by atoms with Crippen molar-refractivity contribution < 1.29 is 14.3 Å². The third kappa shape index (κ3) is 4.70. The molecule has 1 atom stereocenters. The summed E-state index contributed by atoms with van der Waals surface area (Å²) in [6, 6.07) is 10.7. The summed E-state index contributed by atoms with van der Waals surface area (Å²) in [5, 5.41) is 0.648. The van der Waals surface area contributed by atoms with E-state index in [0.717, 1.165) is 5.56 Å². The Morgan fingerprint density at radius 3 is 2.57 bits per heavy atom. The number of rotatable bonds is 6. The number of ether oxygens (including phenoxy) is 2. The third-order valence-electron chi connectivity index (χ3n) is 3.49. The van der Waals surface area contributed by atoms with E-state index in [2.05, 4.69) is 4.98 Å². The number of pyridine rings is 1. The zero-order valence-electron chi connectivity index (χ0n) is 13.5. The van der Waals surface area contributed by atoms with Crippen LogP contribution in [0.1, 0.15) is 26.3 Å². The van der Waals surface area contributed by atoms with E-state index in [0.29, 0.717) is 10.8 Å². The molecule has 0 radical (unpaired) electrons. The van der Waals surface area contributed by atoms with Crippen LogP contribution in [-0.4, -0.2) is 23.7 Å². The van der Waals surface area contributed by atoms with Crippen LogP contribution < -0.4 is 4.74 Å². The van der Waals surface area contributed by atoms with E-state index in [1.165, 1.54) is 0 Å². The Hall–Kier alpha value is -2.07. The summed E-state index contributed by atoms with van der Waals surface area (Å²) in [7, 11) is 0. The number of nitrogens with zero attached hydrogens (tertiary/aromatic N) is 1. The number of aromatic nitrogens is 1. The smallest absolute Gasteiger partial charge is 0.316 e. The summed E-state index contributed by atoms with van der Waals surface area (Å²) in [4.78, 5) is 16.4. The maximum absolute atomic E-state index is 12.3. The highest BCUT2D eigenvalue weighted by Crippen LogP contribution is 2.24. The van der Waals surface area contributed by atoms with Gasteiger partial charge in [-0.2, -0.15) is 0 Å². The van der Waals surface area contributed by atoms with E-state index in [1.807, 2.05) is 26.8 Å². The second-order valence-corrected chi connectivity index (χ2v) is 6.28. The standard InChI is InChI=1S/C18H20ClNO3/c1-13(23-16-8-6-15(19)7-9-16)12-22-17(21)18(2,3)14-5-4-10-20-11-14/h4-11,13H,12H2,1-3H3/t13-/m0/s1. The summed E-state index contributed by atoms with van der Waals surface area (Å²) in [5.74, 6) is 0.376. The molecule has 5 heteroatoms. The highest BCUT2D eigenvalue weighted by Gasteiger charge is 2.32. The minimum Gasteiger partial charge on any atom is -0.487 e. The van der Waals surface area contributed by atoms with Gasteiger partial charge in [0.2, 0.25) is 0 Å². The maximum Gasteiger partial charge on any atom is 0.316 e. The maximum atomic E-state index is 12.3. The molecule has 0 saturated carbocycles. The van der Waals surface area contributed by atoms with Crippen LogP contribution in [0.25, 0.3) is 0 Å². The second kappa shape index (κ2) is 7.47. The molecule has 2 rings (SSSR count). The van der Waals surface area contributed by atoms with Gasteiger partial charge in [0.05, 0.1) is 5.41 Å². The van der Waals surface area contributed by atoms with Crippen molar-refractivity contribution in [3.8, 4) is 5.75 Å². The van der Waals surface area contributed by atoms with Crippen LogP contribution >= 0.6 is 11.6 Å². The van der Waals surface area contributed by atoms with Gasteiger partial charge in [0.25, 0.3) is 0 Å². The monoisotopic (exact) mass is 333 g/mol. The number of hydrogen-bond acceptors (Lipinski definition) is 4. The fourth-order valence-corrected chi connectivity index (χ4v) is 2.13. The molecule has 2 aromatic rings. The number of carbonyl (C=O) groups excluding carboxylic acids is 1. The number of esters is 1. The summed E-state index contributed by atoms with van der Waals surface area (Å²) in [6.07, 6.45) is 3.09. The molecule has 1 heterocycles. The Balaban J connectivity index is 1.89. The Labute approximate surface area is 141 Å². The van der Waals surface area contributed by atoms with Crippen molar-refractivity contribution >= 4 is 17.6 Å². The predicted octanol–water partition coefficient (Wildman–Crippen LogP) is 4.02. The Morgan fingerprint density at radius 2 is 1.96 bits per heavy atom. The predicted molar refractivity (Wildman–Crippen MR) is 89.8 cm³/mol. The fourth-order valence-electron chi connectivity index (χ4n) is 2.00. The Morgan fingerprint density at radius 1 is 1.26 bits per heavy atom. The van der Waals surface area contributed by atoms with Gasteiger partial charge in [0.1, 0.15) is 18.5 Å². The third-order valence-corrected chi connectivity index (χ3v) is 3.75. The van der Waals surface area contributed by atoms with Crippen LogP contribution in [0.5, 0.6) is 5.75 Å². The van der Waals surface area contributed by atoms with Crippen molar-refractivity contribution in [2.24, 2.45) is 0 Å². The number of benzene rings is 1. The van der Waals surface area contributed by atoms with Crippen molar-refractivity contribution in [2.45, 2.75) is 32.3 Å². The molecule has 0 N–H and O–H groups in total. The van der Waals surface area contributed by atoms with Crippen molar-refractivity contribution in [1.29, 1.82) is 0 Å². The molecule has 0 aliphatic heterocycles. The van der Waals surface area contributed by atoms with Gasteiger partial charge < -0.3 is 9.47 Å². The molecule has 1 aromatic heterocycles. The van der Waals surface area contributed by atoms with E-state index in [4.69, 9.17) is 21.1 Å². The van der Waals surface area contributed by atoms with Gasteiger partial charge in [-0.05, 0) is 56.7 Å². The van der Waals surface area contributed by atoms with Crippen LogP contribution in [-0.2, 0) is 14.9 Å². The van der Waals surface area contributed by atoms with Crippen LogP contribution in [0.3, 0.4) is 0 Å². The zero-order valence-corrected chi connectivity index (χ0v) is 14.2. The van der Waals surface area contributed by atoms with Crippen molar-refractivity contribution in [3.05, 3.63) is 59.4 Å². The van der Waals surface area contributed by atoms with E-state index < -0.39 is 5.41 Å². The van der Waals surface area contributed by atoms with Crippen molar-refractivity contribution in [3.63, 3.8) is 0 Å². The van der Waals surface area contributed by atoms with Crippen molar-refractivity contribution in [1.82, 2.24) is 4.98 Å². The molecular formula is C18H20ClNO3. The largest absolute Gasteiger partial charge is 0.487 e. The molecule has 0 bridgehead atoms. The molecule has 0 aliphatic carbocycles. The van der Waals surface area contributed by atoms with Gasteiger partial charge >= 0.3 is 5.97 Å². The van der Waals surface area contributed by atoms with E-state index in [1.54, 1.807) is 42.7 Å². The molecule has 23 heavy (non-hydrogen) atoms. The topological polar surface area (TPSA) is 48.4 Å². The lowest BCUT2D eigenvalue weighted by molar-refractivity contribution is -0.151. The first-order valence-corrected chi connectivity index (χ1v) is 7.77. The first kappa shape index (κ1) is 17.3. The average molecular weight is 334 g/mol. The summed E-state index contributed by atoms with van der Waals surface area (Å²) >= 11 is 5.83. The molecule has 0 aliphatic rings. The van der Waals surface area contributed by atoms with Gasteiger partial charge in [-0.15, -0.1) is 0 Å². The lowest BCUT2D eigenvalue weighted by Crippen LogP contribution is -2.33. The minimum absolute atomic E-state index is 0.172. The Kier molecular flexibility index (Phi) is 5.61. The van der Waals surface area contributed by atoms with Gasteiger partial charge in [-0.1, -0.05) is 17.7 Å². The van der Waals surface area contributed by atoms with E-state index in [-0.39, 0.29) is 18.7 Å². The summed E-state index contributed by atoms with van der Waals surface area (Å²) in [5.41, 5.74) is 0.0603. The Bertz CT molecular complexity index is 641. The highest BCUT2D eigenvalue weighted by atomic mass is 35.5. The van der Waals surface area contributed by atoms with Crippen LogP contribution in [0.15, 0.2) is 48.8 Å². The fraction of sp³-hybridized carbons (Fsp3) is 0.333. The van der Waals surface area contributed by atoms with E-state index in [9.17, 15) is 4.79 Å². The van der Waals surface area contributed by atoms with Crippen molar-refractivity contribution in [2.75, 3.05) is 6.61 Å². The molecule has 0 amide bonds. The SMILES string of the molecule is C[C@@H](COC(=O)C(C)(C)c1cccnc1)Oc1ccc(Cl)cc1. The number of carbonyl (C=O) groups is 1. The van der Waals surface area contributed by atoms with Gasteiger partial charge in [-0.25, -0.2) is 0 Å². The second-order valence-electron chi connectivity index (χ2n) is 5.85. The van der Waals surface area contributed by atoms with Gasteiger partial charge in [0, 0.05) is 17.4 Å². The number of halogens is 1. The minimum atomic E-state index is -0.756. The molecular weight excluding hydrogens is 314 g/mol. The normalized spacial score (nSPS) is 12.5. The summed E-state index contributed by atoms with van der Waals surface area (Å²) in [6.45, 7) is 5.65. The average Bonchev–Trinajstić information content (AvgIpc) is 2.55. The molecule has 0 spiro atoms. The lowest BCUT2D eigenvalue weighted by atomic mass is 9.86. The molecule has 0 fully saturated rings. The van der Waals surface area contributed by atoms with Gasteiger partial charge in [0.15, 0.2) is 0 Å². The quantitative estimate of drug-likeness (QED) is 0.749. The number of hydrogen-bond donors (Lipinski definition) is 0. The molecule has 122 valence electrons. The summed E-state index contributed by atoms with van der Waals surface area (Å²) < 4.78 is 11.1. The van der Waals surface area contributed by atoms with Gasteiger partial charge in [-0.3, -0.25) is 9.78 Å². The van der Waals surface area contributed by atoms with Crippen LogP contribution in [0, 0.1) is 0 Å². The first-order chi connectivity index (χ1) is 10.9. The molecule has 0 unspecified atom stereocenters. The highest BCUT2D eigenvalue weighted by molar-refractivity contribution is 6.30. The molecule has 1 aromatic carbocycles. The zero-order chi connectivity index (χ0) is 16.9.